The molecule has 0 fully saturated rings. The molecule has 1 aromatic carbocycles. The van der Waals surface area contributed by atoms with E-state index in [1.54, 1.807) is 0 Å². The molecule has 0 bridgehead atoms. The number of primary amides is 1. The molecule has 0 radical (unpaired) electrons. The second-order valence-corrected chi connectivity index (χ2v) is 4.48. The minimum Gasteiger partial charge on any atom is -0.368 e. The van der Waals surface area contributed by atoms with Gasteiger partial charge in [0.2, 0.25) is 11.8 Å². The molecule has 0 heterocycles. The van der Waals surface area contributed by atoms with Crippen LogP contribution in [0.5, 0.6) is 0 Å². The summed E-state index contributed by atoms with van der Waals surface area (Å²) in [5, 5.41) is 0. The molecule has 104 valence electrons. The molecule has 4 nitrogen and oxygen atoms in total. The number of halogens is 1. The zero-order valence-corrected chi connectivity index (χ0v) is 12.0. The monoisotopic (exact) mass is 282 g/mol. The summed E-state index contributed by atoms with van der Waals surface area (Å²) >= 11 is 5.63. The van der Waals surface area contributed by atoms with Gasteiger partial charge in [0.1, 0.15) is 12.4 Å². The summed E-state index contributed by atoms with van der Waals surface area (Å²) < 4.78 is 0. The fourth-order valence-corrected chi connectivity index (χ4v) is 2.23. The Bertz CT molecular complexity index is 452. The summed E-state index contributed by atoms with van der Waals surface area (Å²) in [5.41, 5.74) is 8.03. The maximum atomic E-state index is 12.0. The summed E-state index contributed by atoms with van der Waals surface area (Å²) in [6.07, 6.45) is 1.54. The number of hydrogen-bond donors (Lipinski definition) is 1. The van der Waals surface area contributed by atoms with Crippen molar-refractivity contribution in [3.05, 3.63) is 29.3 Å². The van der Waals surface area contributed by atoms with Gasteiger partial charge >= 0.3 is 0 Å². The van der Waals surface area contributed by atoms with E-state index in [0.717, 1.165) is 29.7 Å². The Kier molecular flexibility index (Phi) is 5.83. The Hall–Kier alpha value is -1.55. The number of para-hydroxylation sites is 1. The highest BCUT2D eigenvalue weighted by molar-refractivity contribution is 6.29. The first-order valence-corrected chi connectivity index (χ1v) is 6.83. The first-order valence-electron chi connectivity index (χ1n) is 6.30. The molecule has 5 heteroatoms. The van der Waals surface area contributed by atoms with Crippen LogP contribution >= 0.6 is 11.6 Å². The highest BCUT2D eigenvalue weighted by Crippen LogP contribution is 2.27. The smallest absolute Gasteiger partial charge is 0.242 e. The second-order valence-electron chi connectivity index (χ2n) is 4.21. The number of rotatable bonds is 6. The van der Waals surface area contributed by atoms with Gasteiger partial charge in [-0.05, 0) is 24.0 Å². The summed E-state index contributed by atoms with van der Waals surface area (Å²) in [6.45, 7) is 3.87. The third-order valence-electron chi connectivity index (χ3n) is 2.96. The lowest BCUT2D eigenvalue weighted by Crippen LogP contribution is -2.40. The van der Waals surface area contributed by atoms with Crippen molar-refractivity contribution in [3.8, 4) is 0 Å². The van der Waals surface area contributed by atoms with Crippen LogP contribution in [0.3, 0.4) is 0 Å². The molecule has 2 N–H and O–H groups in total. The van der Waals surface area contributed by atoms with Crippen LogP contribution in [0.25, 0.3) is 0 Å². The van der Waals surface area contributed by atoms with Crippen LogP contribution in [0.4, 0.5) is 5.69 Å². The normalized spacial score (nSPS) is 10.3. The predicted molar refractivity (Wildman–Crippen MR) is 77.5 cm³/mol. The number of nitrogens with zero attached hydrogens (tertiary/aromatic N) is 1. The maximum absolute atomic E-state index is 12.0. The van der Waals surface area contributed by atoms with E-state index < -0.39 is 5.91 Å². The van der Waals surface area contributed by atoms with Crippen LogP contribution in [-0.4, -0.2) is 24.2 Å². The van der Waals surface area contributed by atoms with Gasteiger partial charge in [0.15, 0.2) is 0 Å². The van der Waals surface area contributed by atoms with Crippen molar-refractivity contribution in [2.75, 3.05) is 17.3 Å². The number of nitrogens with two attached hydrogens (primary N) is 1. The standard InChI is InChI=1S/C14H19ClN2O2/c1-3-10-6-5-7-11(4-2)14(10)17(9-12(16)18)13(19)8-15/h5-7H,3-4,8-9H2,1-2H3,(H2,16,18). The van der Waals surface area contributed by atoms with E-state index in [9.17, 15) is 9.59 Å². The third kappa shape index (κ3) is 3.70. The van der Waals surface area contributed by atoms with Crippen LogP contribution in [0, 0.1) is 0 Å². The van der Waals surface area contributed by atoms with Crippen LogP contribution in [0.1, 0.15) is 25.0 Å². The van der Waals surface area contributed by atoms with Gasteiger partial charge in [-0.2, -0.15) is 0 Å². The van der Waals surface area contributed by atoms with Crippen LogP contribution in [0.15, 0.2) is 18.2 Å². The molecular weight excluding hydrogens is 264 g/mol. The topological polar surface area (TPSA) is 63.4 Å². The van der Waals surface area contributed by atoms with Crippen molar-refractivity contribution in [2.45, 2.75) is 26.7 Å². The first-order chi connectivity index (χ1) is 9.04. The van der Waals surface area contributed by atoms with E-state index in [-0.39, 0.29) is 18.3 Å². The molecule has 19 heavy (non-hydrogen) atoms. The molecule has 0 unspecified atom stereocenters. The van der Waals surface area contributed by atoms with Crippen molar-refractivity contribution in [1.29, 1.82) is 0 Å². The minimum absolute atomic E-state index is 0.143. The Morgan fingerprint density at radius 1 is 1.21 bits per heavy atom. The molecule has 1 aromatic rings. The quantitative estimate of drug-likeness (QED) is 0.810. The molecule has 0 aromatic heterocycles. The molecule has 2 amide bonds. The zero-order chi connectivity index (χ0) is 14.4. The Balaban J connectivity index is 3.34. The van der Waals surface area contributed by atoms with Crippen LogP contribution < -0.4 is 10.6 Å². The summed E-state index contributed by atoms with van der Waals surface area (Å²) in [5.74, 6) is -1.03. The van der Waals surface area contributed by atoms with E-state index in [1.165, 1.54) is 4.90 Å². The minimum atomic E-state index is -0.550. The number of carbonyl (C=O) groups excluding carboxylic acids is 2. The lowest BCUT2D eigenvalue weighted by atomic mass is 10.0. The molecule has 0 aliphatic rings. The van der Waals surface area contributed by atoms with Gasteiger partial charge in [-0.15, -0.1) is 11.6 Å². The number of hydrogen-bond acceptors (Lipinski definition) is 2. The molecule has 0 aliphatic carbocycles. The van der Waals surface area contributed by atoms with Crippen LogP contribution in [-0.2, 0) is 22.4 Å². The Morgan fingerprint density at radius 3 is 2.11 bits per heavy atom. The lowest BCUT2D eigenvalue weighted by Gasteiger charge is -2.25. The van der Waals surface area contributed by atoms with Gasteiger partial charge in [0, 0.05) is 0 Å². The summed E-state index contributed by atoms with van der Waals surface area (Å²) in [4.78, 5) is 24.6. The number of aryl methyl sites for hydroxylation is 2. The second kappa shape index (κ2) is 7.14. The van der Waals surface area contributed by atoms with Gasteiger partial charge in [-0.1, -0.05) is 32.0 Å². The van der Waals surface area contributed by atoms with Crippen molar-refractivity contribution < 1.29 is 9.59 Å². The molecule has 0 spiro atoms. The van der Waals surface area contributed by atoms with Gasteiger partial charge < -0.3 is 10.6 Å². The fraction of sp³-hybridized carbons (Fsp3) is 0.429. The number of anilines is 1. The average molecular weight is 283 g/mol. The fourth-order valence-electron chi connectivity index (χ4n) is 2.08. The van der Waals surface area contributed by atoms with Gasteiger partial charge in [0.05, 0.1) is 5.69 Å². The van der Waals surface area contributed by atoms with Crippen molar-refractivity contribution in [2.24, 2.45) is 5.73 Å². The first kappa shape index (κ1) is 15.5. The molecule has 0 aliphatic heterocycles. The average Bonchev–Trinajstić information content (AvgIpc) is 2.42. The van der Waals surface area contributed by atoms with Gasteiger partial charge in [-0.3, -0.25) is 9.59 Å². The van der Waals surface area contributed by atoms with Crippen molar-refractivity contribution in [1.82, 2.24) is 0 Å². The van der Waals surface area contributed by atoms with E-state index in [4.69, 9.17) is 17.3 Å². The third-order valence-corrected chi connectivity index (χ3v) is 3.19. The van der Waals surface area contributed by atoms with Gasteiger partial charge in [0.25, 0.3) is 0 Å². The summed E-state index contributed by atoms with van der Waals surface area (Å²) in [6, 6.07) is 5.85. The molecular formula is C14H19ClN2O2. The van der Waals surface area contributed by atoms with Crippen LogP contribution in [0.2, 0.25) is 0 Å². The van der Waals surface area contributed by atoms with Gasteiger partial charge in [-0.25, -0.2) is 0 Å². The van der Waals surface area contributed by atoms with E-state index in [1.807, 2.05) is 32.0 Å². The van der Waals surface area contributed by atoms with Crippen molar-refractivity contribution >= 4 is 29.1 Å². The Labute approximate surface area is 118 Å². The highest BCUT2D eigenvalue weighted by Gasteiger charge is 2.21. The van der Waals surface area contributed by atoms with E-state index in [2.05, 4.69) is 0 Å². The zero-order valence-electron chi connectivity index (χ0n) is 11.3. The molecule has 0 saturated heterocycles. The SMILES string of the molecule is CCc1cccc(CC)c1N(CC(N)=O)C(=O)CCl. The predicted octanol–water partition coefficient (Wildman–Crippen LogP) is 1.87. The maximum Gasteiger partial charge on any atom is 0.242 e. The Morgan fingerprint density at radius 2 is 1.74 bits per heavy atom. The highest BCUT2D eigenvalue weighted by atomic mass is 35.5. The number of carbonyl (C=O) groups is 2. The molecule has 0 saturated carbocycles. The molecule has 0 atom stereocenters. The van der Waals surface area contributed by atoms with E-state index in [0.29, 0.717) is 0 Å². The largest absolute Gasteiger partial charge is 0.368 e. The number of benzene rings is 1. The lowest BCUT2D eigenvalue weighted by molar-refractivity contribution is -0.121. The molecule has 1 rings (SSSR count). The van der Waals surface area contributed by atoms with E-state index >= 15 is 0 Å². The van der Waals surface area contributed by atoms with Crippen molar-refractivity contribution in [3.63, 3.8) is 0 Å². The number of amides is 2. The summed E-state index contributed by atoms with van der Waals surface area (Å²) in [7, 11) is 0. The number of alkyl halides is 1.